The molecule has 0 amide bonds. The van der Waals surface area contributed by atoms with Crippen LogP contribution in [0.15, 0.2) is 29.4 Å². The molecule has 0 aliphatic heterocycles. The summed E-state index contributed by atoms with van der Waals surface area (Å²) in [6.45, 7) is 1.26. The third kappa shape index (κ3) is 2.47. The van der Waals surface area contributed by atoms with Gasteiger partial charge in [-0.1, -0.05) is 23.9 Å². The predicted molar refractivity (Wildman–Crippen MR) is 64.1 cm³/mol. The van der Waals surface area contributed by atoms with Gasteiger partial charge in [0, 0.05) is 0 Å². The molecule has 1 aromatic heterocycles. The van der Waals surface area contributed by atoms with E-state index in [1.165, 1.54) is 6.92 Å². The molecule has 0 bridgehead atoms. The summed E-state index contributed by atoms with van der Waals surface area (Å²) in [5.41, 5.74) is 1.57. The van der Waals surface area contributed by atoms with Gasteiger partial charge in [0.2, 0.25) is 0 Å². The summed E-state index contributed by atoms with van der Waals surface area (Å²) in [6, 6.07) is 7.36. The van der Waals surface area contributed by atoms with Gasteiger partial charge in [-0.15, -0.1) is 0 Å². The summed E-state index contributed by atoms with van der Waals surface area (Å²) in [5, 5.41) is 8.22. The number of nitrogens with zero attached hydrogens (tertiary/aromatic N) is 1. The predicted octanol–water partition coefficient (Wildman–Crippen LogP) is 1.70. The van der Waals surface area contributed by atoms with Crippen LogP contribution in [0.2, 0.25) is 0 Å². The molecule has 0 aliphatic rings. The van der Waals surface area contributed by atoms with Crippen molar-refractivity contribution in [2.24, 2.45) is 0 Å². The van der Waals surface area contributed by atoms with E-state index in [-0.39, 0.29) is 0 Å². The Balaban J connectivity index is 2.28. The molecule has 0 spiro atoms. The highest BCUT2D eigenvalue weighted by Gasteiger charge is 2.25. The lowest BCUT2D eigenvalue weighted by molar-refractivity contribution is -0.138. The van der Waals surface area contributed by atoms with Crippen molar-refractivity contribution in [3.8, 4) is 0 Å². The third-order valence-corrected chi connectivity index (χ3v) is 3.38. The number of Topliss-reactive ketones (excluding diaryl/α,β-unsaturated/α-hetero) is 1. The topological polar surface area (TPSA) is 83.0 Å². The number of H-pyrrole nitrogens is 1. The molecule has 1 aromatic carbocycles. The standard InChI is InChI=1S/C11H10N2O3S/c1-6(14)9(10(15)16)17-11-12-7-4-2-3-5-8(7)13-11/h2-5,9H,1H3,(H,12,13)(H,15,16). The number of aromatic nitrogens is 2. The summed E-state index contributed by atoms with van der Waals surface area (Å²) in [6.07, 6.45) is 0. The number of para-hydroxylation sites is 2. The molecule has 1 atom stereocenters. The molecule has 2 N–H and O–H groups in total. The number of fused-ring (bicyclic) bond motifs is 1. The maximum atomic E-state index is 11.2. The number of rotatable bonds is 4. The Morgan fingerprint density at radius 3 is 2.71 bits per heavy atom. The molecule has 6 heteroatoms. The van der Waals surface area contributed by atoms with Crippen LogP contribution in [0.25, 0.3) is 11.0 Å². The number of thioether (sulfide) groups is 1. The van der Waals surface area contributed by atoms with Crippen LogP contribution in [0.3, 0.4) is 0 Å². The minimum Gasteiger partial charge on any atom is -0.480 e. The van der Waals surface area contributed by atoms with E-state index in [1.54, 1.807) is 0 Å². The monoisotopic (exact) mass is 250 g/mol. The quantitative estimate of drug-likeness (QED) is 0.637. The van der Waals surface area contributed by atoms with Crippen LogP contribution >= 0.6 is 11.8 Å². The highest BCUT2D eigenvalue weighted by Crippen LogP contribution is 2.24. The maximum Gasteiger partial charge on any atom is 0.324 e. The van der Waals surface area contributed by atoms with E-state index in [2.05, 4.69) is 9.97 Å². The number of carbonyl (C=O) groups is 2. The second kappa shape index (κ2) is 4.58. The van der Waals surface area contributed by atoms with Gasteiger partial charge in [0.25, 0.3) is 0 Å². The molecule has 0 aliphatic carbocycles. The SMILES string of the molecule is CC(=O)C(Sc1nc2ccccc2[nH]1)C(=O)O. The van der Waals surface area contributed by atoms with Crippen LogP contribution in [0.5, 0.6) is 0 Å². The van der Waals surface area contributed by atoms with E-state index in [9.17, 15) is 9.59 Å². The third-order valence-electron chi connectivity index (χ3n) is 2.19. The van der Waals surface area contributed by atoms with Crippen molar-refractivity contribution < 1.29 is 14.7 Å². The van der Waals surface area contributed by atoms with Gasteiger partial charge >= 0.3 is 5.97 Å². The van der Waals surface area contributed by atoms with E-state index < -0.39 is 17.0 Å². The minimum atomic E-state index is -1.15. The van der Waals surface area contributed by atoms with Crippen molar-refractivity contribution in [2.75, 3.05) is 0 Å². The van der Waals surface area contributed by atoms with Crippen LogP contribution in [-0.2, 0) is 9.59 Å². The number of carboxylic acid groups (broad SMARTS) is 1. The van der Waals surface area contributed by atoms with Crippen molar-refractivity contribution in [2.45, 2.75) is 17.3 Å². The second-order valence-corrected chi connectivity index (χ2v) is 4.60. The number of nitrogens with one attached hydrogen (secondary N) is 1. The second-order valence-electron chi connectivity index (χ2n) is 3.51. The molecule has 0 fully saturated rings. The summed E-state index contributed by atoms with van der Waals surface area (Å²) in [7, 11) is 0. The molecule has 17 heavy (non-hydrogen) atoms. The average Bonchev–Trinajstić information content (AvgIpc) is 2.67. The first-order valence-corrected chi connectivity index (χ1v) is 5.80. The molecular weight excluding hydrogens is 240 g/mol. The lowest BCUT2D eigenvalue weighted by atomic mass is 10.3. The van der Waals surface area contributed by atoms with Gasteiger partial charge in [0.15, 0.2) is 16.2 Å². The molecule has 1 unspecified atom stereocenters. The Labute approximate surface area is 101 Å². The Morgan fingerprint density at radius 2 is 2.12 bits per heavy atom. The number of ketones is 1. The molecule has 88 valence electrons. The number of hydrogen-bond donors (Lipinski definition) is 2. The maximum absolute atomic E-state index is 11.2. The fourth-order valence-corrected chi connectivity index (χ4v) is 2.21. The van der Waals surface area contributed by atoms with Crippen LogP contribution in [0.1, 0.15) is 6.92 Å². The molecule has 0 saturated heterocycles. The van der Waals surface area contributed by atoms with Gasteiger partial charge in [-0.2, -0.15) is 0 Å². The van der Waals surface area contributed by atoms with E-state index in [0.717, 1.165) is 22.8 Å². The zero-order valence-electron chi connectivity index (χ0n) is 9.01. The van der Waals surface area contributed by atoms with E-state index in [0.29, 0.717) is 5.16 Å². The van der Waals surface area contributed by atoms with Gasteiger partial charge in [0.05, 0.1) is 11.0 Å². The van der Waals surface area contributed by atoms with E-state index in [1.807, 2.05) is 24.3 Å². The number of imidazole rings is 1. The number of hydrogen-bond acceptors (Lipinski definition) is 4. The lowest BCUT2D eigenvalue weighted by Crippen LogP contribution is -2.24. The number of benzene rings is 1. The average molecular weight is 250 g/mol. The van der Waals surface area contributed by atoms with Crippen LogP contribution in [0, 0.1) is 0 Å². The first-order valence-electron chi connectivity index (χ1n) is 4.92. The van der Waals surface area contributed by atoms with Gasteiger partial charge in [-0.05, 0) is 19.1 Å². The van der Waals surface area contributed by atoms with Gasteiger partial charge < -0.3 is 10.1 Å². The van der Waals surface area contributed by atoms with Crippen molar-refractivity contribution in [1.29, 1.82) is 0 Å². The first-order chi connectivity index (χ1) is 8.08. The Bertz CT molecular complexity index is 532. The number of carboxylic acids is 1. The minimum absolute atomic E-state index is 0.400. The summed E-state index contributed by atoms with van der Waals surface area (Å²) >= 11 is 0.915. The van der Waals surface area contributed by atoms with Crippen LogP contribution in [-0.4, -0.2) is 32.1 Å². The van der Waals surface area contributed by atoms with Crippen molar-refractivity contribution in [1.82, 2.24) is 9.97 Å². The highest BCUT2D eigenvalue weighted by molar-refractivity contribution is 8.01. The van der Waals surface area contributed by atoms with Crippen LogP contribution < -0.4 is 0 Å². The fraction of sp³-hybridized carbons (Fsp3) is 0.182. The summed E-state index contributed by atoms with van der Waals surface area (Å²) in [5.74, 6) is -1.55. The van der Waals surface area contributed by atoms with E-state index in [4.69, 9.17) is 5.11 Å². The molecule has 0 saturated carbocycles. The molecule has 0 radical (unpaired) electrons. The molecule has 2 aromatic rings. The molecular formula is C11H10N2O3S. The normalized spacial score (nSPS) is 12.5. The number of carbonyl (C=O) groups excluding carboxylic acids is 1. The smallest absolute Gasteiger partial charge is 0.324 e. The van der Waals surface area contributed by atoms with Gasteiger partial charge in [-0.25, -0.2) is 4.98 Å². The highest BCUT2D eigenvalue weighted by atomic mass is 32.2. The largest absolute Gasteiger partial charge is 0.480 e. The molecule has 5 nitrogen and oxygen atoms in total. The zero-order valence-corrected chi connectivity index (χ0v) is 9.82. The molecule has 1 heterocycles. The summed E-state index contributed by atoms with van der Waals surface area (Å²) < 4.78 is 0. The number of aromatic amines is 1. The van der Waals surface area contributed by atoms with Crippen LogP contribution in [0.4, 0.5) is 0 Å². The van der Waals surface area contributed by atoms with Gasteiger partial charge in [-0.3, -0.25) is 9.59 Å². The Morgan fingerprint density at radius 1 is 1.41 bits per heavy atom. The van der Waals surface area contributed by atoms with Crippen molar-refractivity contribution in [3.63, 3.8) is 0 Å². The fourth-order valence-electron chi connectivity index (χ4n) is 1.40. The summed E-state index contributed by atoms with van der Waals surface area (Å²) in [4.78, 5) is 29.2. The number of aliphatic carboxylic acids is 1. The first kappa shape index (κ1) is 11.7. The Hall–Kier alpha value is -1.82. The van der Waals surface area contributed by atoms with Crippen molar-refractivity contribution in [3.05, 3.63) is 24.3 Å². The molecule has 2 rings (SSSR count). The van der Waals surface area contributed by atoms with Gasteiger partial charge in [0.1, 0.15) is 0 Å². The van der Waals surface area contributed by atoms with E-state index >= 15 is 0 Å². The zero-order chi connectivity index (χ0) is 12.4. The Kier molecular flexibility index (Phi) is 3.14. The lowest BCUT2D eigenvalue weighted by Gasteiger charge is -2.04. The van der Waals surface area contributed by atoms with Crippen molar-refractivity contribution >= 4 is 34.5 Å².